The van der Waals surface area contributed by atoms with Crippen LogP contribution in [0, 0.1) is 48.8 Å². The summed E-state index contributed by atoms with van der Waals surface area (Å²) in [6.45, 7) is 2.87. The second-order valence-electron chi connectivity index (χ2n) is 12.8. The zero-order chi connectivity index (χ0) is 45.6. The van der Waals surface area contributed by atoms with Crippen molar-refractivity contribution in [2.45, 2.75) is 30.2 Å². The first-order valence-electron chi connectivity index (χ1n) is 17.5. The highest BCUT2D eigenvalue weighted by Crippen LogP contribution is 2.36. The average Bonchev–Trinajstić information content (AvgIpc) is 3.94. The highest BCUT2D eigenvalue weighted by Gasteiger charge is 2.33. The number of methoxy groups -OCH3 is 2. The average molecular weight is 953 g/mol. The second-order valence-corrected chi connectivity index (χ2v) is 17.8. The molecule has 0 aliphatic carbocycles. The Balaban J connectivity index is 0.000000223. The van der Waals surface area contributed by atoms with Crippen LogP contribution in [0.5, 0.6) is 34.5 Å². The van der Waals surface area contributed by atoms with Crippen LogP contribution >= 0.6 is 23.1 Å². The minimum Gasteiger partial charge on any atom is -0.497 e. The molecule has 7 aromatic rings. The molecule has 63 heavy (non-hydrogen) atoms. The van der Waals surface area contributed by atoms with Crippen molar-refractivity contribution in [2.24, 2.45) is 0 Å². The second kappa shape index (κ2) is 19.3. The van der Waals surface area contributed by atoms with Gasteiger partial charge in [0, 0.05) is 71.1 Å². The van der Waals surface area contributed by atoms with Crippen molar-refractivity contribution >= 4 is 53.4 Å². The molecule has 24 heteroatoms. The van der Waals surface area contributed by atoms with Crippen molar-refractivity contribution in [2.75, 3.05) is 23.2 Å². The smallest absolute Gasteiger partial charge is 0.269 e. The molecule has 0 spiro atoms. The highest BCUT2D eigenvalue weighted by molar-refractivity contribution is 7.93. The molecule has 0 amide bonds. The lowest BCUT2D eigenvalue weighted by Gasteiger charge is -2.23. The molecule has 0 aliphatic rings. The van der Waals surface area contributed by atoms with Crippen molar-refractivity contribution < 1.29 is 62.1 Å². The topological polar surface area (TPSA) is 172 Å². The van der Waals surface area contributed by atoms with Gasteiger partial charge in [-0.05, 0) is 61.4 Å². The van der Waals surface area contributed by atoms with Gasteiger partial charge in [0.1, 0.15) is 68.7 Å². The number of nitrogens with one attached hydrogen (secondary N) is 1. The van der Waals surface area contributed by atoms with Gasteiger partial charge in [-0.25, -0.2) is 57.5 Å². The molecular formula is C39H30F6N6O8S4. The third-order valence-electron chi connectivity index (χ3n) is 8.27. The van der Waals surface area contributed by atoms with E-state index < -0.39 is 76.2 Å². The van der Waals surface area contributed by atoms with Gasteiger partial charge in [-0.2, -0.15) is 8.75 Å². The van der Waals surface area contributed by atoms with Crippen LogP contribution in [0.3, 0.4) is 0 Å². The maximum Gasteiger partial charge on any atom is 0.269 e. The minimum atomic E-state index is -4.70. The van der Waals surface area contributed by atoms with E-state index in [4.69, 9.17) is 18.9 Å². The van der Waals surface area contributed by atoms with E-state index in [9.17, 15) is 38.8 Å². The lowest BCUT2D eigenvalue weighted by atomic mass is 10.2. The zero-order valence-corrected chi connectivity index (χ0v) is 36.0. The van der Waals surface area contributed by atoms with Crippen LogP contribution < -0.4 is 28.0 Å². The Morgan fingerprint density at radius 2 is 1.16 bits per heavy atom. The molecule has 0 unspecified atom stereocenters. The van der Waals surface area contributed by atoms with E-state index in [2.05, 4.69) is 18.7 Å². The summed E-state index contributed by atoms with van der Waals surface area (Å²) in [6, 6.07) is 14.2. The molecule has 2 heterocycles. The predicted octanol–water partition coefficient (Wildman–Crippen LogP) is 9.33. The van der Waals surface area contributed by atoms with E-state index in [1.54, 1.807) is 32.0 Å². The Bertz CT molecular complexity index is 2950. The highest BCUT2D eigenvalue weighted by atomic mass is 32.2. The van der Waals surface area contributed by atoms with Crippen LogP contribution in [0.15, 0.2) is 101 Å². The number of hydrogen-bond donors (Lipinski definition) is 1. The number of benzene rings is 5. The van der Waals surface area contributed by atoms with Crippen LogP contribution in [-0.2, 0) is 26.6 Å². The largest absolute Gasteiger partial charge is 0.497 e. The number of nitrogens with zero attached hydrogens (tertiary/aromatic N) is 5. The van der Waals surface area contributed by atoms with Gasteiger partial charge in [0.2, 0.25) is 10.3 Å². The molecule has 0 atom stereocenters. The fourth-order valence-corrected chi connectivity index (χ4v) is 9.46. The van der Waals surface area contributed by atoms with E-state index in [0.29, 0.717) is 52.5 Å². The molecule has 330 valence electrons. The number of sulfonamides is 2. The molecule has 1 N–H and O–H groups in total. The first kappa shape index (κ1) is 46.0. The van der Waals surface area contributed by atoms with Crippen molar-refractivity contribution in [3.05, 3.63) is 143 Å². The number of hydrogen-bond acceptors (Lipinski definition) is 14. The van der Waals surface area contributed by atoms with Crippen LogP contribution in [0.4, 0.5) is 36.6 Å². The summed E-state index contributed by atoms with van der Waals surface area (Å²) in [5.41, 5.74) is 1.42. The number of halogens is 6. The van der Waals surface area contributed by atoms with E-state index in [1.807, 2.05) is 4.72 Å². The Morgan fingerprint density at radius 1 is 0.603 bits per heavy atom. The fraction of sp³-hybridized carbons (Fsp3) is 0.128. The third kappa shape index (κ3) is 11.1. The Kier molecular flexibility index (Phi) is 14.1. The minimum absolute atomic E-state index is 0.0524. The molecule has 14 nitrogen and oxygen atoms in total. The van der Waals surface area contributed by atoms with Gasteiger partial charge < -0.3 is 18.9 Å². The van der Waals surface area contributed by atoms with Crippen LogP contribution in [0.25, 0.3) is 0 Å². The van der Waals surface area contributed by atoms with Gasteiger partial charge in [0.25, 0.3) is 20.0 Å². The predicted molar refractivity (Wildman–Crippen MR) is 219 cm³/mol. The maximum absolute atomic E-state index is 15.2. The number of rotatable bonds is 14. The monoisotopic (exact) mass is 952 g/mol. The molecule has 7 rings (SSSR count). The summed E-state index contributed by atoms with van der Waals surface area (Å²) in [7, 11) is -6.24. The summed E-state index contributed by atoms with van der Waals surface area (Å²) in [4.78, 5) is 5.69. The van der Waals surface area contributed by atoms with Crippen molar-refractivity contribution in [3.8, 4) is 34.5 Å². The van der Waals surface area contributed by atoms with Gasteiger partial charge in [0.05, 0.1) is 20.8 Å². The molecule has 0 aliphatic heterocycles. The van der Waals surface area contributed by atoms with Gasteiger partial charge in [-0.1, -0.05) is 0 Å². The van der Waals surface area contributed by atoms with E-state index >= 15 is 4.39 Å². The molecule has 5 aromatic carbocycles. The SMILES string of the molecule is COc1ccc(CN(c2ncns2)S(=O)(=O)c2cc(F)c(Oc3cc(C)cc(F)c3)cc2F)c(OC)c1.Cc1cc(F)cc(Oc2cc(F)c(S(=O)(=O)Nc3ncns3)cc2F)c1. The Labute approximate surface area is 363 Å². The molecule has 0 saturated carbocycles. The third-order valence-corrected chi connectivity index (χ3v) is 12.9. The summed E-state index contributed by atoms with van der Waals surface area (Å²) in [5, 5.41) is -0.173. The normalized spacial score (nSPS) is 11.3. The zero-order valence-electron chi connectivity index (χ0n) is 32.8. The molecule has 0 saturated heterocycles. The number of aromatic nitrogens is 4. The molecule has 0 radical (unpaired) electrons. The van der Waals surface area contributed by atoms with E-state index in [-0.39, 0.29) is 28.3 Å². The fourth-order valence-electron chi connectivity index (χ4n) is 5.53. The number of anilines is 2. The number of aryl methyl sites for hydroxylation is 2. The molecular weight excluding hydrogens is 923 g/mol. The van der Waals surface area contributed by atoms with Crippen molar-refractivity contribution in [1.82, 2.24) is 18.7 Å². The lowest BCUT2D eigenvalue weighted by molar-refractivity contribution is 0.391. The molecule has 0 fully saturated rings. The standard InChI is InChI=1S/C24H20F3N3O5S2.C15H10F3N3O3S2/c1-14-6-16(25)8-18(7-14)35-22-10-20(27)23(11-19(22)26)37(31,32)30(24-28-13-29-36-24)12-15-4-5-17(33-2)9-21(15)34-3;1-8-2-9(16)4-10(3-8)24-13-5-12(18)14(6-11(13)17)26(22,23)21-15-19-7-20-25-15/h4-11,13H,12H2,1-3H3;2-7H,1H3,(H,19,20,21). The van der Waals surface area contributed by atoms with Crippen molar-refractivity contribution in [3.63, 3.8) is 0 Å². The first-order valence-corrected chi connectivity index (χ1v) is 22.0. The van der Waals surface area contributed by atoms with Gasteiger partial charge in [-0.15, -0.1) is 0 Å². The first-order chi connectivity index (χ1) is 29.9. The van der Waals surface area contributed by atoms with Crippen molar-refractivity contribution in [1.29, 1.82) is 0 Å². The van der Waals surface area contributed by atoms with E-state index in [0.717, 1.165) is 52.2 Å². The summed E-state index contributed by atoms with van der Waals surface area (Å²) in [5.74, 6) is -6.59. The summed E-state index contributed by atoms with van der Waals surface area (Å²) < 4.78 is 168. The lowest BCUT2D eigenvalue weighted by Crippen LogP contribution is -2.31. The number of ether oxygens (including phenoxy) is 4. The Morgan fingerprint density at radius 3 is 1.67 bits per heavy atom. The van der Waals surface area contributed by atoms with E-state index in [1.165, 1.54) is 38.5 Å². The maximum atomic E-state index is 15.2. The van der Waals surface area contributed by atoms with Crippen LogP contribution in [-0.4, -0.2) is 49.8 Å². The molecule has 2 aromatic heterocycles. The quantitative estimate of drug-likeness (QED) is 0.103. The van der Waals surface area contributed by atoms with Gasteiger partial charge in [-0.3, -0.25) is 4.72 Å². The molecule has 0 bridgehead atoms. The van der Waals surface area contributed by atoms with Gasteiger partial charge in [0.15, 0.2) is 23.1 Å². The summed E-state index contributed by atoms with van der Waals surface area (Å²) >= 11 is 1.49. The summed E-state index contributed by atoms with van der Waals surface area (Å²) in [6.07, 6.45) is 2.25. The van der Waals surface area contributed by atoms with Gasteiger partial charge >= 0.3 is 0 Å². The van der Waals surface area contributed by atoms with Crippen LogP contribution in [0.1, 0.15) is 16.7 Å². The Hall–Kier alpha value is -6.50. The van der Waals surface area contributed by atoms with Crippen LogP contribution in [0.2, 0.25) is 0 Å².